The van der Waals surface area contributed by atoms with Crippen molar-refractivity contribution in [1.29, 1.82) is 0 Å². The van der Waals surface area contributed by atoms with E-state index in [9.17, 15) is 18.4 Å². The highest BCUT2D eigenvalue weighted by molar-refractivity contribution is 6.32. The Labute approximate surface area is 168 Å². The number of nitrogens with one attached hydrogen (secondary N) is 1. The minimum absolute atomic E-state index is 0.105. The summed E-state index contributed by atoms with van der Waals surface area (Å²) in [5.41, 5.74) is 1.73. The molecular formula is C18H15ClF2N4O4. The lowest BCUT2D eigenvalue weighted by Crippen LogP contribution is -2.21. The number of rotatable bonds is 6. The molecule has 0 bridgehead atoms. The number of anilines is 1. The summed E-state index contributed by atoms with van der Waals surface area (Å²) in [5, 5.41) is 7.25. The predicted octanol–water partition coefficient (Wildman–Crippen LogP) is 3.33. The number of carbonyl (C=O) groups is 2. The molecule has 0 atom stereocenters. The van der Waals surface area contributed by atoms with E-state index in [-0.39, 0.29) is 22.0 Å². The highest BCUT2D eigenvalue weighted by Crippen LogP contribution is 2.28. The van der Waals surface area contributed by atoms with E-state index in [4.69, 9.17) is 16.3 Å². The third-order valence-electron chi connectivity index (χ3n) is 3.86. The van der Waals surface area contributed by atoms with Crippen LogP contribution in [0.5, 0.6) is 5.75 Å². The lowest BCUT2D eigenvalue weighted by Gasteiger charge is -2.10. The predicted molar refractivity (Wildman–Crippen MR) is 100 cm³/mol. The van der Waals surface area contributed by atoms with E-state index in [2.05, 4.69) is 20.1 Å². The monoisotopic (exact) mass is 424 g/mol. The highest BCUT2D eigenvalue weighted by Gasteiger charge is 2.15. The van der Waals surface area contributed by atoms with Gasteiger partial charge in [-0.25, -0.2) is 9.78 Å². The minimum atomic E-state index is -3.02. The molecule has 2 aromatic heterocycles. The third kappa shape index (κ3) is 4.77. The van der Waals surface area contributed by atoms with Crippen molar-refractivity contribution in [1.82, 2.24) is 14.8 Å². The van der Waals surface area contributed by atoms with Gasteiger partial charge >= 0.3 is 12.6 Å². The summed E-state index contributed by atoms with van der Waals surface area (Å²) < 4.78 is 35.3. The van der Waals surface area contributed by atoms with Crippen molar-refractivity contribution in [2.45, 2.75) is 13.5 Å². The van der Waals surface area contributed by atoms with Crippen LogP contribution in [0, 0.1) is 6.92 Å². The molecule has 0 fully saturated rings. The molecule has 0 radical (unpaired) electrons. The van der Waals surface area contributed by atoms with Gasteiger partial charge in [0.05, 0.1) is 16.3 Å². The maximum absolute atomic E-state index is 12.2. The van der Waals surface area contributed by atoms with E-state index >= 15 is 0 Å². The van der Waals surface area contributed by atoms with Crippen LogP contribution >= 0.6 is 11.6 Å². The molecule has 29 heavy (non-hydrogen) atoms. The lowest BCUT2D eigenvalue weighted by atomic mass is 10.2. The van der Waals surface area contributed by atoms with Crippen molar-refractivity contribution in [2.24, 2.45) is 7.05 Å². The number of esters is 1. The number of ether oxygens (including phenoxy) is 2. The standard InChI is InChI=1S/C18H15ClF2N4O4/c1-9-12-5-10(7-22-16(12)25(2)24-9)17(27)28-8-15(26)23-11-3-4-14(13(19)6-11)29-18(20)21/h3-7,18H,8H2,1-2H3,(H,23,26). The van der Waals surface area contributed by atoms with Crippen LogP contribution in [0.4, 0.5) is 14.5 Å². The number of aromatic nitrogens is 3. The van der Waals surface area contributed by atoms with Gasteiger partial charge in [0.1, 0.15) is 5.75 Å². The summed E-state index contributed by atoms with van der Waals surface area (Å²) in [4.78, 5) is 28.3. The Hall–Kier alpha value is -3.27. The van der Waals surface area contributed by atoms with Crippen LogP contribution in [-0.4, -0.2) is 39.9 Å². The van der Waals surface area contributed by atoms with Gasteiger partial charge in [0, 0.05) is 24.3 Å². The molecular weight excluding hydrogens is 410 g/mol. The van der Waals surface area contributed by atoms with Crippen molar-refractivity contribution in [2.75, 3.05) is 11.9 Å². The van der Waals surface area contributed by atoms with Crippen LogP contribution in [-0.2, 0) is 16.6 Å². The molecule has 0 aliphatic rings. The van der Waals surface area contributed by atoms with E-state index < -0.39 is 25.1 Å². The maximum atomic E-state index is 12.2. The number of fused-ring (bicyclic) bond motifs is 1. The molecule has 2 heterocycles. The summed E-state index contributed by atoms with van der Waals surface area (Å²) in [6, 6.07) is 5.34. The first-order valence-corrected chi connectivity index (χ1v) is 8.63. The summed E-state index contributed by atoms with van der Waals surface area (Å²) in [7, 11) is 1.74. The van der Waals surface area contributed by atoms with Crippen LogP contribution in [0.1, 0.15) is 16.1 Å². The van der Waals surface area contributed by atoms with Crippen molar-refractivity contribution in [3.05, 3.63) is 46.7 Å². The van der Waals surface area contributed by atoms with Crippen LogP contribution < -0.4 is 10.1 Å². The van der Waals surface area contributed by atoms with E-state index in [0.717, 1.165) is 0 Å². The van der Waals surface area contributed by atoms with Crippen LogP contribution in [0.3, 0.4) is 0 Å². The number of halogens is 3. The second-order valence-electron chi connectivity index (χ2n) is 5.95. The highest BCUT2D eigenvalue weighted by atomic mass is 35.5. The number of nitrogens with zero attached hydrogens (tertiary/aromatic N) is 3. The lowest BCUT2D eigenvalue weighted by molar-refractivity contribution is -0.119. The zero-order valence-corrected chi connectivity index (χ0v) is 16.0. The number of carbonyl (C=O) groups excluding carboxylic acids is 2. The molecule has 0 aliphatic heterocycles. The van der Waals surface area contributed by atoms with Gasteiger partial charge in [-0.05, 0) is 31.2 Å². The Bertz CT molecular complexity index is 1090. The molecule has 1 aromatic carbocycles. The number of amides is 1. The first-order chi connectivity index (χ1) is 13.7. The van der Waals surface area contributed by atoms with Crippen molar-refractivity contribution in [3.63, 3.8) is 0 Å². The van der Waals surface area contributed by atoms with E-state index in [1.807, 2.05) is 0 Å². The van der Waals surface area contributed by atoms with Crippen LogP contribution in [0.2, 0.25) is 5.02 Å². The van der Waals surface area contributed by atoms with Crippen LogP contribution in [0.15, 0.2) is 30.5 Å². The third-order valence-corrected chi connectivity index (χ3v) is 4.16. The van der Waals surface area contributed by atoms with Gasteiger partial charge < -0.3 is 14.8 Å². The molecule has 11 heteroatoms. The molecule has 0 spiro atoms. The van der Waals surface area contributed by atoms with Crippen LogP contribution in [0.25, 0.3) is 11.0 Å². The molecule has 0 unspecified atom stereocenters. The Morgan fingerprint density at radius 2 is 2.07 bits per heavy atom. The van der Waals surface area contributed by atoms with E-state index in [1.165, 1.54) is 24.4 Å². The summed E-state index contributed by atoms with van der Waals surface area (Å²) >= 11 is 5.82. The second kappa shape index (κ2) is 8.39. The van der Waals surface area contributed by atoms with Gasteiger partial charge in [0.2, 0.25) is 0 Å². The van der Waals surface area contributed by atoms with Crippen molar-refractivity contribution in [3.8, 4) is 5.75 Å². The fourth-order valence-electron chi connectivity index (χ4n) is 2.60. The number of pyridine rings is 1. The molecule has 8 nitrogen and oxygen atoms in total. The maximum Gasteiger partial charge on any atom is 0.387 e. The smallest absolute Gasteiger partial charge is 0.387 e. The number of hydrogen-bond acceptors (Lipinski definition) is 6. The van der Waals surface area contributed by atoms with Crippen molar-refractivity contribution >= 4 is 40.2 Å². The number of alkyl halides is 2. The quantitative estimate of drug-likeness (QED) is 0.610. The fourth-order valence-corrected chi connectivity index (χ4v) is 2.83. The SMILES string of the molecule is Cc1nn(C)c2ncc(C(=O)OCC(=O)Nc3ccc(OC(F)F)c(Cl)c3)cc12. The Kier molecular flexibility index (Phi) is 5.92. The average molecular weight is 425 g/mol. The largest absolute Gasteiger partial charge is 0.452 e. The van der Waals surface area contributed by atoms with Crippen molar-refractivity contribution < 1.29 is 27.8 Å². The molecule has 0 saturated carbocycles. The first kappa shape index (κ1) is 20.5. The Morgan fingerprint density at radius 3 is 2.76 bits per heavy atom. The molecule has 3 rings (SSSR count). The number of aryl methyl sites for hydroxylation is 2. The summed E-state index contributed by atoms with van der Waals surface area (Å²) in [6.45, 7) is -1.79. The topological polar surface area (TPSA) is 95.3 Å². The molecule has 1 N–H and O–H groups in total. The second-order valence-corrected chi connectivity index (χ2v) is 6.36. The normalized spacial score (nSPS) is 11.0. The first-order valence-electron chi connectivity index (χ1n) is 8.25. The van der Waals surface area contributed by atoms with Gasteiger partial charge in [0.25, 0.3) is 5.91 Å². The Morgan fingerprint density at radius 1 is 1.31 bits per heavy atom. The van der Waals surface area contributed by atoms with Gasteiger partial charge in [-0.2, -0.15) is 13.9 Å². The number of benzene rings is 1. The fraction of sp³-hybridized carbons (Fsp3) is 0.222. The molecule has 1 amide bonds. The Balaban J connectivity index is 1.60. The minimum Gasteiger partial charge on any atom is -0.452 e. The average Bonchev–Trinajstić information content (AvgIpc) is 2.95. The van der Waals surface area contributed by atoms with Gasteiger partial charge in [0.15, 0.2) is 12.3 Å². The van der Waals surface area contributed by atoms with Gasteiger partial charge in [-0.3, -0.25) is 9.48 Å². The van der Waals surface area contributed by atoms with E-state index in [1.54, 1.807) is 24.7 Å². The zero-order chi connectivity index (χ0) is 21.1. The van der Waals surface area contributed by atoms with Gasteiger partial charge in [-0.15, -0.1) is 0 Å². The van der Waals surface area contributed by atoms with Gasteiger partial charge in [-0.1, -0.05) is 11.6 Å². The molecule has 0 aliphatic carbocycles. The molecule has 3 aromatic rings. The summed E-state index contributed by atoms with van der Waals surface area (Å²) in [5.74, 6) is -1.58. The summed E-state index contributed by atoms with van der Waals surface area (Å²) in [6.07, 6.45) is 1.34. The number of hydrogen-bond donors (Lipinski definition) is 1. The zero-order valence-electron chi connectivity index (χ0n) is 15.3. The molecule has 152 valence electrons. The molecule has 0 saturated heterocycles. The van der Waals surface area contributed by atoms with E-state index in [0.29, 0.717) is 16.7 Å².